The van der Waals surface area contributed by atoms with Crippen molar-refractivity contribution in [1.29, 1.82) is 0 Å². The number of thiazole rings is 1. The lowest BCUT2D eigenvalue weighted by Crippen LogP contribution is -2.39. The Morgan fingerprint density at radius 2 is 1.90 bits per heavy atom. The first-order valence-corrected chi connectivity index (χ1v) is 13.3. The summed E-state index contributed by atoms with van der Waals surface area (Å²) in [6.45, 7) is 5.49. The molecule has 0 bridgehead atoms. The van der Waals surface area contributed by atoms with Crippen LogP contribution in [0.5, 0.6) is 0 Å². The van der Waals surface area contributed by atoms with E-state index in [1.807, 2.05) is 6.92 Å². The molecule has 0 aliphatic carbocycles. The number of carbonyl (C=O) groups excluding carboxylic acids is 1. The number of carboxylic acid groups (broad SMARTS) is 1. The lowest BCUT2D eigenvalue weighted by molar-refractivity contribution is -0.139. The second-order valence-electron chi connectivity index (χ2n) is 8.89. The Bertz CT molecular complexity index is 1830. The minimum absolute atomic E-state index is 0.150. The molecule has 1 aliphatic heterocycles. The molecule has 0 unspecified atom stereocenters. The van der Waals surface area contributed by atoms with Crippen molar-refractivity contribution in [2.75, 3.05) is 6.61 Å². The number of allylic oxidation sites excluding steroid dienone is 1. The number of hydrogen-bond donors (Lipinski definition) is 1. The van der Waals surface area contributed by atoms with Crippen molar-refractivity contribution in [3.8, 4) is 11.3 Å². The summed E-state index contributed by atoms with van der Waals surface area (Å²) >= 11 is 7.28. The highest BCUT2D eigenvalue weighted by atomic mass is 35.5. The van der Waals surface area contributed by atoms with Gasteiger partial charge in [-0.2, -0.15) is 0 Å². The van der Waals surface area contributed by atoms with Crippen LogP contribution in [0.3, 0.4) is 0 Å². The monoisotopic (exact) mass is 562 g/mol. The molecule has 1 N–H and O–H groups in total. The summed E-state index contributed by atoms with van der Waals surface area (Å²) in [6.07, 6.45) is 1.62. The minimum atomic E-state index is -1.03. The normalized spacial score (nSPS) is 15.2. The predicted molar refractivity (Wildman–Crippen MR) is 148 cm³/mol. The first kappa shape index (κ1) is 26.4. The molecule has 8 nitrogen and oxygen atoms in total. The van der Waals surface area contributed by atoms with Crippen molar-refractivity contribution >= 4 is 41.0 Å². The fourth-order valence-electron chi connectivity index (χ4n) is 4.48. The maximum atomic E-state index is 13.7. The molecule has 0 radical (unpaired) electrons. The molecule has 0 saturated heterocycles. The molecular formula is C29H23ClN2O6S. The van der Waals surface area contributed by atoms with Crippen molar-refractivity contribution in [3.05, 3.63) is 113 Å². The smallest absolute Gasteiger partial charge is 0.338 e. The van der Waals surface area contributed by atoms with Gasteiger partial charge >= 0.3 is 11.9 Å². The van der Waals surface area contributed by atoms with Crippen LogP contribution in [0.4, 0.5) is 0 Å². The number of ether oxygens (including phenoxy) is 1. The number of furan rings is 1. The van der Waals surface area contributed by atoms with E-state index >= 15 is 0 Å². The van der Waals surface area contributed by atoms with Crippen LogP contribution in [-0.2, 0) is 9.53 Å². The van der Waals surface area contributed by atoms with Crippen LogP contribution < -0.4 is 14.9 Å². The van der Waals surface area contributed by atoms with Crippen molar-refractivity contribution in [1.82, 2.24) is 4.57 Å². The Hall–Kier alpha value is -4.21. The molecule has 0 spiro atoms. The topological polar surface area (TPSA) is 111 Å². The molecule has 1 atom stereocenters. The highest BCUT2D eigenvalue weighted by molar-refractivity contribution is 7.07. The maximum Gasteiger partial charge on any atom is 0.338 e. The zero-order valence-electron chi connectivity index (χ0n) is 21.2. The number of aromatic nitrogens is 1. The minimum Gasteiger partial charge on any atom is -0.478 e. The van der Waals surface area contributed by atoms with Gasteiger partial charge in [-0.05, 0) is 68.3 Å². The molecule has 4 aromatic rings. The van der Waals surface area contributed by atoms with Crippen molar-refractivity contribution in [3.63, 3.8) is 0 Å². The standard InChI is InChI=1S/C29H23ClN2O6S/c1-4-37-28(36)24-16(3)31-29-32(25(24)17-7-9-19(30)10-8-17)26(33)23(39-29)14-20-11-12-22(38-20)21-13-18(27(34)35)6-5-15(21)2/h5-14,25H,4H2,1-3H3,(H,34,35)/b23-14+/t25-/m0/s1. The van der Waals surface area contributed by atoms with Gasteiger partial charge in [0.1, 0.15) is 11.5 Å². The second kappa shape index (κ2) is 10.5. The maximum absolute atomic E-state index is 13.7. The van der Waals surface area contributed by atoms with Gasteiger partial charge < -0.3 is 14.3 Å². The second-order valence-corrected chi connectivity index (χ2v) is 10.3. The molecule has 0 saturated carbocycles. The van der Waals surface area contributed by atoms with E-state index < -0.39 is 18.0 Å². The van der Waals surface area contributed by atoms with Gasteiger partial charge in [0.2, 0.25) is 0 Å². The summed E-state index contributed by atoms with van der Waals surface area (Å²) in [7, 11) is 0. The molecule has 0 fully saturated rings. The Kier molecular flexibility index (Phi) is 7.12. The molecule has 0 amide bonds. The van der Waals surface area contributed by atoms with Crippen LogP contribution in [0, 0.1) is 6.92 Å². The highest BCUT2D eigenvalue weighted by Gasteiger charge is 2.33. The van der Waals surface area contributed by atoms with Gasteiger partial charge in [0.25, 0.3) is 5.56 Å². The number of aryl methyl sites for hydroxylation is 1. The Balaban J connectivity index is 1.62. The van der Waals surface area contributed by atoms with Gasteiger partial charge in [-0.3, -0.25) is 9.36 Å². The number of fused-ring (bicyclic) bond motifs is 1. The average Bonchev–Trinajstić information content (AvgIpc) is 3.48. The fraction of sp³-hybridized carbons (Fsp3) is 0.172. The van der Waals surface area contributed by atoms with E-state index in [9.17, 15) is 19.5 Å². The van der Waals surface area contributed by atoms with Gasteiger partial charge in [0.15, 0.2) is 4.80 Å². The third-order valence-corrected chi connectivity index (χ3v) is 7.59. The summed E-state index contributed by atoms with van der Waals surface area (Å²) in [5.41, 5.74) is 2.76. The largest absolute Gasteiger partial charge is 0.478 e. The molecule has 2 aromatic heterocycles. The van der Waals surface area contributed by atoms with E-state index in [0.29, 0.717) is 42.7 Å². The average molecular weight is 563 g/mol. The SMILES string of the molecule is CCOC(=O)C1=C(C)N=c2s/c(=C/c3ccc(-c4cc(C(=O)O)ccc4C)o3)c(=O)n2[C@H]1c1ccc(Cl)cc1. The van der Waals surface area contributed by atoms with E-state index in [2.05, 4.69) is 4.99 Å². The number of carbonyl (C=O) groups is 2. The molecule has 1 aliphatic rings. The number of nitrogens with zero attached hydrogens (tertiary/aromatic N) is 2. The zero-order valence-corrected chi connectivity index (χ0v) is 22.8. The Morgan fingerprint density at radius 3 is 2.59 bits per heavy atom. The Labute approximate surface area is 231 Å². The van der Waals surface area contributed by atoms with E-state index in [4.69, 9.17) is 20.8 Å². The van der Waals surface area contributed by atoms with E-state index in [1.54, 1.807) is 68.5 Å². The third-order valence-electron chi connectivity index (χ3n) is 6.35. The lowest BCUT2D eigenvalue weighted by Gasteiger charge is -2.24. The van der Waals surface area contributed by atoms with Crippen LogP contribution in [0.25, 0.3) is 17.4 Å². The summed E-state index contributed by atoms with van der Waals surface area (Å²) in [5, 5.41) is 9.89. The van der Waals surface area contributed by atoms with Gasteiger partial charge in [0.05, 0.1) is 34.0 Å². The third kappa shape index (κ3) is 4.98. The number of rotatable bonds is 6. The summed E-state index contributed by atoms with van der Waals surface area (Å²) in [5.74, 6) is -0.673. The number of aromatic carboxylic acids is 1. The number of esters is 1. The van der Waals surface area contributed by atoms with Gasteiger partial charge in [-0.25, -0.2) is 14.6 Å². The summed E-state index contributed by atoms with van der Waals surface area (Å²) in [6, 6.07) is 14.5. The van der Waals surface area contributed by atoms with Crippen LogP contribution in [0.15, 0.2) is 80.1 Å². The molecule has 5 rings (SSSR count). The summed E-state index contributed by atoms with van der Waals surface area (Å²) < 4.78 is 13.2. The van der Waals surface area contributed by atoms with Crippen LogP contribution in [0.2, 0.25) is 5.02 Å². The van der Waals surface area contributed by atoms with E-state index in [0.717, 1.165) is 5.56 Å². The molecular weight excluding hydrogens is 540 g/mol. The lowest BCUT2D eigenvalue weighted by atomic mass is 9.96. The highest BCUT2D eigenvalue weighted by Crippen LogP contribution is 2.31. The van der Waals surface area contributed by atoms with Crippen LogP contribution in [-0.4, -0.2) is 28.2 Å². The molecule has 198 valence electrons. The quantitative estimate of drug-likeness (QED) is 0.340. The van der Waals surface area contributed by atoms with Crippen molar-refractivity contribution < 1.29 is 23.8 Å². The van der Waals surface area contributed by atoms with Gasteiger partial charge in [-0.15, -0.1) is 0 Å². The van der Waals surface area contributed by atoms with Crippen LogP contribution >= 0.6 is 22.9 Å². The van der Waals surface area contributed by atoms with Crippen molar-refractivity contribution in [2.45, 2.75) is 26.8 Å². The van der Waals surface area contributed by atoms with E-state index in [1.165, 1.54) is 22.0 Å². The first-order chi connectivity index (χ1) is 18.7. The number of benzene rings is 2. The van der Waals surface area contributed by atoms with Gasteiger partial charge in [-0.1, -0.05) is 41.1 Å². The molecule has 10 heteroatoms. The van der Waals surface area contributed by atoms with Gasteiger partial charge in [0, 0.05) is 16.7 Å². The van der Waals surface area contributed by atoms with Crippen molar-refractivity contribution in [2.24, 2.45) is 4.99 Å². The zero-order chi connectivity index (χ0) is 27.8. The number of carboxylic acids is 1. The first-order valence-electron chi connectivity index (χ1n) is 12.1. The molecule has 2 aromatic carbocycles. The van der Waals surface area contributed by atoms with Crippen LogP contribution in [0.1, 0.15) is 47.1 Å². The van der Waals surface area contributed by atoms with E-state index in [-0.39, 0.29) is 23.3 Å². The summed E-state index contributed by atoms with van der Waals surface area (Å²) in [4.78, 5) is 43.1. The molecule has 3 heterocycles. The number of halogens is 1. The molecule has 39 heavy (non-hydrogen) atoms. The number of hydrogen-bond acceptors (Lipinski definition) is 7. The predicted octanol–water partition coefficient (Wildman–Crippen LogP) is 4.72. The Morgan fingerprint density at radius 1 is 1.15 bits per heavy atom. The fourth-order valence-corrected chi connectivity index (χ4v) is 5.63.